The van der Waals surface area contributed by atoms with E-state index in [4.69, 9.17) is 15.2 Å². The van der Waals surface area contributed by atoms with Crippen LogP contribution in [0.1, 0.15) is 11.6 Å². The van der Waals surface area contributed by atoms with Crippen LogP contribution in [0, 0.1) is 11.8 Å². The number of ether oxygens (including phenoxy) is 2. The lowest BCUT2D eigenvalue weighted by Crippen LogP contribution is -2.18. The van der Waals surface area contributed by atoms with Crippen LogP contribution in [-0.4, -0.2) is 35.6 Å². The van der Waals surface area contributed by atoms with Gasteiger partial charge in [-0.05, 0) is 6.07 Å². The number of halogens is 2. The number of pyridine rings is 1. The first kappa shape index (κ1) is 14.2. The maximum atomic E-state index is 13.4. The smallest absolute Gasteiger partial charge is 0.255 e. The van der Waals surface area contributed by atoms with Crippen LogP contribution in [0.25, 0.3) is 0 Å². The zero-order chi connectivity index (χ0) is 14.7. The van der Waals surface area contributed by atoms with E-state index in [1.807, 2.05) is 0 Å². The molecule has 8 heteroatoms. The molecule has 0 radical (unpaired) electrons. The van der Waals surface area contributed by atoms with Crippen LogP contribution in [0.4, 0.5) is 14.5 Å². The van der Waals surface area contributed by atoms with Crippen LogP contribution < -0.4 is 10.5 Å². The van der Waals surface area contributed by atoms with E-state index in [2.05, 4.69) is 10.1 Å². The van der Waals surface area contributed by atoms with Crippen molar-refractivity contribution in [2.45, 2.75) is 6.04 Å². The zero-order valence-corrected chi connectivity index (χ0v) is 11.0. The van der Waals surface area contributed by atoms with E-state index in [9.17, 15) is 8.78 Å². The van der Waals surface area contributed by atoms with Crippen LogP contribution in [-0.2, 0) is 4.74 Å². The van der Waals surface area contributed by atoms with Gasteiger partial charge in [-0.15, -0.1) is 5.10 Å². The number of nitrogens with two attached hydrogens (primary N) is 1. The second-order valence-corrected chi connectivity index (χ2v) is 4.08. The summed E-state index contributed by atoms with van der Waals surface area (Å²) in [6, 6.07) is 0.635. The molecule has 0 aromatic carbocycles. The number of rotatable bonds is 5. The molecule has 0 aliphatic rings. The fraction of sp³-hybridized carbons (Fsp3) is 0.333. The third-order valence-corrected chi connectivity index (χ3v) is 2.75. The highest BCUT2D eigenvalue weighted by Crippen LogP contribution is 2.27. The highest BCUT2D eigenvalue weighted by molar-refractivity contribution is 5.35. The second kappa shape index (κ2) is 5.83. The van der Waals surface area contributed by atoms with Crippen molar-refractivity contribution in [3.63, 3.8) is 0 Å². The summed E-state index contributed by atoms with van der Waals surface area (Å²) < 4.78 is 38.1. The van der Waals surface area contributed by atoms with Crippen LogP contribution in [0.3, 0.4) is 0 Å². The molecule has 2 N–H and O–H groups in total. The van der Waals surface area contributed by atoms with E-state index in [0.717, 1.165) is 6.20 Å². The summed E-state index contributed by atoms with van der Waals surface area (Å²) in [6.07, 6.45) is 2.34. The molecule has 0 saturated heterocycles. The lowest BCUT2D eigenvalue weighted by molar-refractivity contribution is 0.161. The first-order valence-electron chi connectivity index (χ1n) is 5.75. The molecule has 1 unspecified atom stereocenters. The monoisotopic (exact) mass is 284 g/mol. The van der Waals surface area contributed by atoms with Crippen LogP contribution in [0.5, 0.6) is 5.88 Å². The van der Waals surface area contributed by atoms with E-state index in [1.54, 1.807) is 0 Å². The summed E-state index contributed by atoms with van der Waals surface area (Å²) >= 11 is 0. The third kappa shape index (κ3) is 2.69. The molecular weight excluding hydrogens is 270 g/mol. The van der Waals surface area contributed by atoms with Crippen molar-refractivity contribution in [1.82, 2.24) is 14.8 Å². The van der Waals surface area contributed by atoms with E-state index in [-0.39, 0.29) is 18.2 Å². The minimum Gasteiger partial charge on any atom is -0.481 e. The molecule has 1 atom stereocenters. The van der Waals surface area contributed by atoms with Gasteiger partial charge in [-0.3, -0.25) is 4.68 Å². The number of hydrogen-bond donors (Lipinski definition) is 1. The van der Waals surface area contributed by atoms with Gasteiger partial charge in [0, 0.05) is 12.7 Å². The molecule has 2 aromatic heterocycles. The first-order chi connectivity index (χ1) is 9.56. The van der Waals surface area contributed by atoms with Gasteiger partial charge in [0.05, 0.1) is 26.1 Å². The number of hydrogen-bond acceptors (Lipinski definition) is 5. The number of nitrogen functional groups attached to an aromatic ring is 1. The molecular formula is C12H14F2N4O2. The Morgan fingerprint density at radius 3 is 2.70 bits per heavy atom. The zero-order valence-electron chi connectivity index (χ0n) is 11.0. The number of nitrogens with zero attached hydrogens (tertiary/aromatic N) is 3. The Bertz CT molecular complexity index is 584. The molecule has 0 aliphatic carbocycles. The van der Waals surface area contributed by atoms with Crippen molar-refractivity contribution in [2.75, 3.05) is 26.6 Å². The van der Waals surface area contributed by atoms with Gasteiger partial charge >= 0.3 is 0 Å². The van der Waals surface area contributed by atoms with E-state index < -0.39 is 17.8 Å². The van der Waals surface area contributed by atoms with Crippen molar-refractivity contribution in [3.8, 4) is 5.88 Å². The predicted octanol–water partition coefficient (Wildman–Crippen LogP) is 1.38. The van der Waals surface area contributed by atoms with Crippen LogP contribution in [0.15, 0.2) is 18.5 Å². The van der Waals surface area contributed by atoms with Gasteiger partial charge in [0.1, 0.15) is 17.5 Å². The Labute approximate surface area is 114 Å². The first-order valence-corrected chi connectivity index (χ1v) is 5.75. The Kier molecular flexibility index (Phi) is 4.14. The maximum Gasteiger partial charge on any atom is 0.255 e. The molecule has 0 aliphatic heterocycles. The molecule has 0 saturated carbocycles. The number of aromatic nitrogens is 3. The van der Waals surface area contributed by atoms with Crippen molar-refractivity contribution in [2.24, 2.45) is 0 Å². The summed E-state index contributed by atoms with van der Waals surface area (Å²) in [6.45, 7) is 0.127. The molecule has 2 heterocycles. The fourth-order valence-electron chi connectivity index (χ4n) is 1.86. The Morgan fingerprint density at radius 1 is 1.40 bits per heavy atom. The Hall–Kier alpha value is -2.22. The average Bonchev–Trinajstić information content (AvgIpc) is 2.75. The number of methoxy groups -OCH3 is 2. The van der Waals surface area contributed by atoms with E-state index in [1.165, 1.54) is 31.2 Å². The Morgan fingerprint density at radius 2 is 2.15 bits per heavy atom. The lowest BCUT2D eigenvalue weighted by Gasteiger charge is -2.18. The van der Waals surface area contributed by atoms with Gasteiger partial charge in [-0.25, -0.2) is 9.37 Å². The van der Waals surface area contributed by atoms with Gasteiger partial charge < -0.3 is 15.2 Å². The summed E-state index contributed by atoms with van der Waals surface area (Å²) in [5.74, 6) is -1.13. The summed E-state index contributed by atoms with van der Waals surface area (Å²) in [7, 11) is 2.88. The summed E-state index contributed by atoms with van der Waals surface area (Å²) in [4.78, 5) is 3.84. The third-order valence-electron chi connectivity index (χ3n) is 2.75. The molecule has 20 heavy (non-hydrogen) atoms. The summed E-state index contributed by atoms with van der Waals surface area (Å²) in [5.41, 5.74) is 5.72. The number of anilines is 1. The van der Waals surface area contributed by atoms with Crippen LogP contribution >= 0.6 is 0 Å². The van der Waals surface area contributed by atoms with Gasteiger partial charge in [0.15, 0.2) is 0 Å². The minimum atomic E-state index is -0.797. The average molecular weight is 284 g/mol. The fourth-order valence-corrected chi connectivity index (χ4v) is 1.86. The molecule has 0 fully saturated rings. The largest absolute Gasteiger partial charge is 0.481 e. The highest BCUT2D eigenvalue weighted by atomic mass is 19.1. The predicted molar refractivity (Wildman–Crippen MR) is 67.4 cm³/mol. The lowest BCUT2D eigenvalue weighted by atomic mass is 10.1. The molecule has 108 valence electrons. The minimum absolute atomic E-state index is 0.102. The topological polar surface area (TPSA) is 75.2 Å². The van der Waals surface area contributed by atoms with E-state index >= 15 is 0 Å². The summed E-state index contributed by atoms with van der Waals surface area (Å²) in [5, 5.41) is 3.65. The molecule has 2 rings (SSSR count). The highest BCUT2D eigenvalue weighted by Gasteiger charge is 2.22. The molecule has 6 nitrogen and oxygen atoms in total. The van der Waals surface area contributed by atoms with Crippen LogP contribution in [0.2, 0.25) is 0 Å². The molecule has 0 bridgehead atoms. The standard InChI is InChI=1S/C12H14F2N4O2/c1-19-6-10(18-5-9(15)11(14)17-18)8-3-7(13)4-16-12(8)20-2/h3-5,10H,6,15H2,1-2H3. The molecule has 2 aromatic rings. The van der Waals surface area contributed by atoms with Crippen molar-refractivity contribution in [1.29, 1.82) is 0 Å². The molecule has 0 amide bonds. The quantitative estimate of drug-likeness (QED) is 0.897. The molecule has 0 spiro atoms. The SMILES string of the molecule is COCC(c1cc(F)cnc1OC)n1cc(N)c(F)n1. The van der Waals surface area contributed by atoms with Gasteiger partial charge in [0.2, 0.25) is 5.88 Å². The van der Waals surface area contributed by atoms with Crippen molar-refractivity contribution in [3.05, 3.63) is 35.8 Å². The van der Waals surface area contributed by atoms with Crippen molar-refractivity contribution >= 4 is 5.69 Å². The van der Waals surface area contributed by atoms with Gasteiger partial charge in [0.25, 0.3) is 5.95 Å². The van der Waals surface area contributed by atoms with Gasteiger partial charge in [-0.2, -0.15) is 4.39 Å². The van der Waals surface area contributed by atoms with E-state index in [0.29, 0.717) is 5.56 Å². The van der Waals surface area contributed by atoms with Crippen molar-refractivity contribution < 1.29 is 18.3 Å². The normalized spacial score (nSPS) is 12.4. The Balaban J connectivity index is 2.50. The van der Waals surface area contributed by atoms with Gasteiger partial charge in [-0.1, -0.05) is 0 Å². The second-order valence-electron chi connectivity index (χ2n) is 4.08. The maximum absolute atomic E-state index is 13.4.